The predicted molar refractivity (Wildman–Crippen MR) is 108 cm³/mol. The standard InChI is InChI=1S/C21H26FNO2.C2H6/c1-14-7-6-8-17(20(14)22)12-16-9-10-18(23-13-16)15(2)11-19(24)25-21(3,4)5;1-2/h6-10,13,15H,11-12H2,1-5H3;1-2H3. The SMILES string of the molecule is CC.Cc1cccc(Cc2ccc(C(C)CC(=O)OC(C)(C)C)nc2)c1F. The van der Waals surface area contributed by atoms with Crippen LogP contribution in [-0.4, -0.2) is 16.6 Å². The van der Waals surface area contributed by atoms with Crippen molar-refractivity contribution in [3.8, 4) is 0 Å². The van der Waals surface area contributed by atoms with Crippen molar-refractivity contribution in [3.05, 3.63) is 64.7 Å². The molecule has 4 heteroatoms. The average Bonchev–Trinajstić information content (AvgIpc) is 2.59. The summed E-state index contributed by atoms with van der Waals surface area (Å²) >= 11 is 0. The van der Waals surface area contributed by atoms with Crippen molar-refractivity contribution in [3.63, 3.8) is 0 Å². The number of benzene rings is 1. The molecule has 0 aliphatic carbocycles. The van der Waals surface area contributed by atoms with Gasteiger partial charge in [-0.3, -0.25) is 9.78 Å². The third kappa shape index (κ3) is 7.49. The van der Waals surface area contributed by atoms with Crippen LogP contribution in [0, 0.1) is 12.7 Å². The Labute approximate surface area is 163 Å². The fraction of sp³-hybridized carbons (Fsp3) is 0.478. The maximum Gasteiger partial charge on any atom is 0.306 e. The fourth-order valence-corrected chi connectivity index (χ4v) is 2.63. The lowest BCUT2D eigenvalue weighted by Gasteiger charge is -2.20. The lowest BCUT2D eigenvalue weighted by molar-refractivity contribution is -0.155. The predicted octanol–water partition coefficient (Wildman–Crippen LogP) is 5.98. The van der Waals surface area contributed by atoms with E-state index in [1.807, 2.05) is 59.7 Å². The van der Waals surface area contributed by atoms with Crippen molar-refractivity contribution in [1.82, 2.24) is 4.98 Å². The van der Waals surface area contributed by atoms with E-state index in [1.165, 1.54) is 0 Å². The summed E-state index contributed by atoms with van der Waals surface area (Å²) in [5.41, 5.74) is 2.60. The van der Waals surface area contributed by atoms with E-state index in [0.717, 1.165) is 11.3 Å². The number of esters is 1. The van der Waals surface area contributed by atoms with E-state index in [0.29, 0.717) is 17.5 Å². The lowest BCUT2D eigenvalue weighted by atomic mass is 10.00. The molecule has 2 rings (SSSR count). The second kappa shape index (κ2) is 10.2. The second-order valence-corrected chi connectivity index (χ2v) is 7.51. The first-order valence-electron chi connectivity index (χ1n) is 9.56. The largest absolute Gasteiger partial charge is 0.460 e. The van der Waals surface area contributed by atoms with Crippen LogP contribution in [0.4, 0.5) is 4.39 Å². The van der Waals surface area contributed by atoms with Gasteiger partial charge in [0.1, 0.15) is 11.4 Å². The molecule has 0 amide bonds. The molecule has 3 nitrogen and oxygen atoms in total. The van der Waals surface area contributed by atoms with Crippen molar-refractivity contribution in [1.29, 1.82) is 0 Å². The van der Waals surface area contributed by atoms with Crippen molar-refractivity contribution < 1.29 is 13.9 Å². The zero-order valence-corrected chi connectivity index (χ0v) is 17.6. The highest BCUT2D eigenvalue weighted by molar-refractivity contribution is 5.70. The number of aromatic nitrogens is 1. The van der Waals surface area contributed by atoms with Crippen LogP contribution in [0.5, 0.6) is 0 Å². The molecule has 0 aliphatic heterocycles. The van der Waals surface area contributed by atoms with Gasteiger partial charge in [0.15, 0.2) is 0 Å². The highest BCUT2D eigenvalue weighted by Crippen LogP contribution is 2.21. The Balaban J connectivity index is 0.00000176. The first-order valence-corrected chi connectivity index (χ1v) is 9.56. The van der Waals surface area contributed by atoms with Gasteiger partial charge in [0, 0.05) is 24.2 Å². The molecule has 0 saturated heterocycles. The Kier molecular flexibility index (Phi) is 8.61. The average molecular weight is 374 g/mol. The zero-order chi connectivity index (χ0) is 20.6. The normalized spacial score (nSPS) is 12.0. The van der Waals surface area contributed by atoms with Crippen LogP contribution in [0.1, 0.15) is 76.3 Å². The summed E-state index contributed by atoms with van der Waals surface area (Å²) in [6.45, 7) is 13.3. The summed E-state index contributed by atoms with van der Waals surface area (Å²) < 4.78 is 19.5. The van der Waals surface area contributed by atoms with Gasteiger partial charge in [0.05, 0.1) is 6.42 Å². The summed E-state index contributed by atoms with van der Waals surface area (Å²) in [5, 5.41) is 0. The fourth-order valence-electron chi connectivity index (χ4n) is 2.63. The smallest absolute Gasteiger partial charge is 0.306 e. The molecular weight excluding hydrogens is 341 g/mol. The minimum absolute atomic E-state index is 0.0281. The van der Waals surface area contributed by atoms with Crippen molar-refractivity contribution in [2.75, 3.05) is 0 Å². The third-order valence-corrected chi connectivity index (χ3v) is 3.91. The number of rotatable bonds is 5. The molecule has 2 aromatic rings. The van der Waals surface area contributed by atoms with Crippen molar-refractivity contribution in [2.45, 2.75) is 72.8 Å². The molecule has 0 aliphatic rings. The van der Waals surface area contributed by atoms with E-state index in [2.05, 4.69) is 4.98 Å². The van der Waals surface area contributed by atoms with Gasteiger partial charge >= 0.3 is 5.97 Å². The van der Waals surface area contributed by atoms with Gasteiger partial charge in [0.25, 0.3) is 0 Å². The van der Waals surface area contributed by atoms with Crippen LogP contribution < -0.4 is 0 Å². The van der Waals surface area contributed by atoms with Crippen LogP contribution in [0.25, 0.3) is 0 Å². The van der Waals surface area contributed by atoms with E-state index in [1.54, 1.807) is 25.3 Å². The topological polar surface area (TPSA) is 39.2 Å². The Bertz CT molecular complexity index is 733. The van der Waals surface area contributed by atoms with E-state index in [-0.39, 0.29) is 24.1 Å². The van der Waals surface area contributed by atoms with Crippen LogP contribution in [0.15, 0.2) is 36.5 Å². The first kappa shape index (κ1) is 22.8. The van der Waals surface area contributed by atoms with E-state index < -0.39 is 5.60 Å². The molecule has 0 bridgehead atoms. The van der Waals surface area contributed by atoms with Crippen LogP contribution in [0.2, 0.25) is 0 Å². The molecular formula is C23H32FNO2. The molecule has 0 saturated carbocycles. The van der Waals surface area contributed by atoms with Gasteiger partial charge < -0.3 is 4.74 Å². The van der Waals surface area contributed by atoms with Crippen LogP contribution in [0.3, 0.4) is 0 Å². The first-order chi connectivity index (χ1) is 12.7. The number of ether oxygens (including phenoxy) is 1. The minimum Gasteiger partial charge on any atom is -0.460 e. The van der Waals surface area contributed by atoms with Gasteiger partial charge in [-0.15, -0.1) is 0 Å². The number of halogens is 1. The Morgan fingerprint density at radius 3 is 2.41 bits per heavy atom. The number of nitrogens with zero attached hydrogens (tertiary/aromatic N) is 1. The molecule has 27 heavy (non-hydrogen) atoms. The molecule has 0 N–H and O–H groups in total. The minimum atomic E-state index is -0.480. The molecule has 0 fully saturated rings. The number of carbonyl (C=O) groups is 1. The lowest BCUT2D eigenvalue weighted by Crippen LogP contribution is -2.24. The number of hydrogen-bond donors (Lipinski definition) is 0. The molecule has 1 aromatic carbocycles. The van der Waals surface area contributed by atoms with Crippen LogP contribution >= 0.6 is 0 Å². The van der Waals surface area contributed by atoms with Crippen molar-refractivity contribution in [2.24, 2.45) is 0 Å². The zero-order valence-electron chi connectivity index (χ0n) is 17.6. The quantitative estimate of drug-likeness (QED) is 0.605. The van der Waals surface area contributed by atoms with E-state index >= 15 is 0 Å². The van der Waals surface area contributed by atoms with Gasteiger partial charge in [-0.1, -0.05) is 45.0 Å². The summed E-state index contributed by atoms with van der Waals surface area (Å²) in [5.74, 6) is -0.419. The molecule has 1 aromatic heterocycles. The molecule has 1 unspecified atom stereocenters. The number of hydrogen-bond acceptors (Lipinski definition) is 3. The van der Waals surface area contributed by atoms with Crippen LogP contribution in [-0.2, 0) is 16.0 Å². The second-order valence-electron chi connectivity index (χ2n) is 7.51. The summed E-state index contributed by atoms with van der Waals surface area (Å²) in [6.07, 6.45) is 2.54. The molecule has 0 spiro atoms. The van der Waals surface area contributed by atoms with E-state index in [9.17, 15) is 9.18 Å². The highest BCUT2D eigenvalue weighted by Gasteiger charge is 2.19. The Hall–Kier alpha value is -2.23. The molecule has 0 radical (unpaired) electrons. The maximum absolute atomic E-state index is 14.1. The summed E-state index contributed by atoms with van der Waals surface area (Å²) in [6, 6.07) is 9.26. The van der Waals surface area contributed by atoms with Gasteiger partial charge in [-0.2, -0.15) is 0 Å². The summed E-state index contributed by atoms with van der Waals surface area (Å²) in [4.78, 5) is 16.4. The number of pyridine rings is 1. The molecule has 1 heterocycles. The van der Waals surface area contributed by atoms with Gasteiger partial charge in [-0.05, 0) is 50.5 Å². The highest BCUT2D eigenvalue weighted by atomic mass is 19.1. The Morgan fingerprint density at radius 2 is 1.85 bits per heavy atom. The van der Waals surface area contributed by atoms with Gasteiger partial charge in [0.2, 0.25) is 0 Å². The monoisotopic (exact) mass is 373 g/mol. The summed E-state index contributed by atoms with van der Waals surface area (Å²) in [7, 11) is 0. The molecule has 1 atom stereocenters. The maximum atomic E-state index is 14.1. The van der Waals surface area contributed by atoms with Gasteiger partial charge in [-0.25, -0.2) is 4.39 Å². The molecule has 148 valence electrons. The van der Waals surface area contributed by atoms with E-state index in [4.69, 9.17) is 4.74 Å². The Morgan fingerprint density at radius 1 is 1.19 bits per heavy atom. The number of aryl methyl sites for hydroxylation is 1. The number of carbonyl (C=O) groups excluding carboxylic acids is 1. The van der Waals surface area contributed by atoms with Crippen molar-refractivity contribution >= 4 is 5.97 Å². The third-order valence-electron chi connectivity index (χ3n) is 3.91.